The lowest BCUT2D eigenvalue weighted by Gasteiger charge is -2.25. The first-order valence-electron chi connectivity index (χ1n) is 6.92. The van der Waals surface area contributed by atoms with E-state index in [2.05, 4.69) is 40.3 Å². The Bertz CT molecular complexity index is 630. The Morgan fingerprint density at radius 3 is 2.85 bits per heavy atom. The maximum absolute atomic E-state index is 11.4. The quantitative estimate of drug-likeness (QED) is 0.911. The highest BCUT2D eigenvalue weighted by atomic mass is 79.9. The van der Waals surface area contributed by atoms with Crippen LogP contribution in [0.25, 0.3) is 11.0 Å². The lowest BCUT2D eigenvalue weighted by Crippen LogP contribution is -2.37. The number of hydrogen-bond acceptors (Lipinski definition) is 3. The van der Waals surface area contributed by atoms with Gasteiger partial charge in [-0.25, -0.2) is 0 Å². The minimum absolute atomic E-state index is 0.178. The van der Waals surface area contributed by atoms with Gasteiger partial charge in [-0.1, -0.05) is 15.9 Å². The number of nitrogens with one attached hydrogen (secondary N) is 1. The lowest BCUT2D eigenvalue weighted by molar-refractivity contribution is 0.382. The predicted octanol–water partition coefficient (Wildman–Crippen LogP) is 3.76. The van der Waals surface area contributed by atoms with Crippen LogP contribution >= 0.6 is 15.9 Å². The molecule has 0 amide bonds. The molecule has 1 fully saturated rings. The molecule has 1 aromatic carbocycles. The zero-order valence-electron chi connectivity index (χ0n) is 11.4. The molecule has 0 bridgehead atoms. The van der Waals surface area contributed by atoms with E-state index >= 15 is 0 Å². The van der Waals surface area contributed by atoms with E-state index in [0.717, 1.165) is 45.5 Å². The van der Waals surface area contributed by atoms with E-state index in [1.807, 2.05) is 12.1 Å². The van der Waals surface area contributed by atoms with Gasteiger partial charge in [0.2, 0.25) is 0 Å². The second kappa shape index (κ2) is 6.00. The fourth-order valence-electron chi connectivity index (χ4n) is 2.64. The highest BCUT2D eigenvalue weighted by Crippen LogP contribution is 2.27. The molecule has 1 unspecified atom stereocenters. The molecule has 1 aliphatic rings. The first kappa shape index (κ1) is 14.3. The van der Waals surface area contributed by atoms with E-state index < -0.39 is 10.8 Å². The average Bonchev–Trinajstić information content (AvgIpc) is 2.84. The summed E-state index contributed by atoms with van der Waals surface area (Å²) in [6.45, 7) is 2.12. The van der Waals surface area contributed by atoms with Crippen LogP contribution < -0.4 is 5.32 Å². The summed E-state index contributed by atoms with van der Waals surface area (Å²) in [5.41, 5.74) is 0.918. The van der Waals surface area contributed by atoms with Crippen molar-refractivity contribution in [3.63, 3.8) is 0 Å². The molecule has 2 aromatic rings. The van der Waals surface area contributed by atoms with Crippen molar-refractivity contribution in [2.45, 2.75) is 31.8 Å². The molecule has 20 heavy (non-hydrogen) atoms. The molecule has 1 aromatic heterocycles. The van der Waals surface area contributed by atoms with Crippen LogP contribution in [0.3, 0.4) is 0 Å². The largest absolute Gasteiger partial charge is 0.459 e. The van der Waals surface area contributed by atoms with E-state index in [1.165, 1.54) is 0 Å². The summed E-state index contributed by atoms with van der Waals surface area (Å²) in [4.78, 5) is 0. The van der Waals surface area contributed by atoms with Crippen molar-refractivity contribution in [2.75, 3.05) is 11.5 Å². The van der Waals surface area contributed by atoms with Crippen LogP contribution in [0.15, 0.2) is 33.2 Å². The van der Waals surface area contributed by atoms with Crippen LogP contribution in [0, 0.1) is 0 Å². The molecule has 1 atom stereocenters. The molecular formula is C15H18BrNO2S. The molecule has 1 saturated heterocycles. The van der Waals surface area contributed by atoms with Crippen LogP contribution in [0.5, 0.6) is 0 Å². The summed E-state index contributed by atoms with van der Waals surface area (Å²) in [5.74, 6) is 2.60. The Labute approximate surface area is 129 Å². The second-order valence-corrected chi connectivity index (χ2v) is 7.95. The van der Waals surface area contributed by atoms with Gasteiger partial charge in [0.25, 0.3) is 0 Å². The SMILES string of the molecule is CC(NC1CCS(=O)CC1)c1cc2cc(Br)ccc2o1. The zero-order valence-corrected chi connectivity index (χ0v) is 13.8. The van der Waals surface area contributed by atoms with E-state index in [-0.39, 0.29) is 6.04 Å². The number of benzene rings is 1. The van der Waals surface area contributed by atoms with Gasteiger partial charge in [0, 0.05) is 38.2 Å². The minimum Gasteiger partial charge on any atom is -0.459 e. The van der Waals surface area contributed by atoms with E-state index in [4.69, 9.17) is 4.42 Å². The molecule has 0 spiro atoms. The predicted molar refractivity (Wildman–Crippen MR) is 86.4 cm³/mol. The summed E-state index contributed by atoms with van der Waals surface area (Å²) < 4.78 is 18.3. The van der Waals surface area contributed by atoms with Crippen LogP contribution in [0.1, 0.15) is 31.6 Å². The molecule has 5 heteroatoms. The third kappa shape index (κ3) is 3.15. The third-order valence-corrected chi connectivity index (χ3v) is 5.67. The summed E-state index contributed by atoms with van der Waals surface area (Å²) in [5, 5.41) is 4.71. The molecule has 3 rings (SSSR count). The highest BCUT2D eigenvalue weighted by Gasteiger charge is 2.21. The Kier molecular flexibility index (Phi) is 4.29. The zero-order chi connectivity index (χ0) is 14.1. The fraction of sp³-hybridized carbons (Fsp3) is 0.467. The molecule has 0 aliphatic carbocycles. The maximum atomic E-state index is 11.4. The first-order chi connectivity index (χ1) is 9.61. The van der Waals surface area contributed by atoms with Gasteiger partial charge in [-0.2, -0.15) is 0 Å². The lowest BCUT2D eigenvalue weighted by atomic mass is 10.1. The monoisotopic (exact) mass is 355 g/mol. The third-order valence-electron chi connectivity index (χ3n) is 3.80. The van der Waals surface area contributed by atoms with Gasteiger partial charge in [-0.05, 0) is 44.0 Å². The van der Waals surface area contributed by atoms with Crippen molar-refractivity contribution in [2.24, 2.45) is 0 Å². The van der Waals surface area contributed by atoms with Crippen molar-refractivity contribution in [3.05, 3.63) is 34.5 Å². The Morgan fingerprint density at radius 2 is 2.10 bits per heavy atom. The topological polar surface area (TPSA) is 42.2 Å². The van der Waals surface area contributed by atoms with Crippen molar-refractivity contribution in [3.8, 4) is 0 Å². The molecule has 1 N–H and O–H groups in total. The van der Waals surface area contributed by atoms with Crippen LogP contribution in [-0.2, 0) is 10.8 Å². The van der Waals surface area contributed by atoms with Crippen LogP contribution in [-0.4, -0.2) is 21.8 Å². The first-order valence-corrected chi connectivity index (χ1v) is 9.20. The molecule has 0 radical (unpaired) electrons. The van der Waals surface area contributed by atoms with Gasteiger partial charge >= 0.3 is 0 Å². The number of rotatable bonds is 3. The second-order valence-electron chi connectivity index (χ2n) is 5.34. The number of fused-ring (bicyclic) bond motifs is 1. The minimum atomic E-state index is -0.604. The fourth-order valence-corrected chi connectivity index (χ4v) is 4.32. The van der Waals surface area contributed by atoms with Gasteiger partial charge in [-0.15, -0.1) is 0 Å². The molecule has 0 saturated carbocycles. The van der Waals surface area contributed by atoms with Crippen molar-refractivity contribution in [1.29, 1.82) is 0 Å². The molecule has 108 valence electrons. The summed E-state index contributed by atoms with van der Waals surface area (Å²) in [6, 6.07) is 8.77. The van der Waals surface area contributed by atoms with E-state index in [0.29, 0.717) is 6.04 Å². The molecule has 2 heterocycles. The van der Waals surface area contributed by atoms with Crippen LogP contribution in [0.2, 0.25) is 0 Å². The van der Waals surface area contributed by atoms with E-state index in [1.54, 1.807) is 0 Å². The molecule has 3 nitrogen and oxygen atoms in total. The van der Waals surface area contributed by atoms with Crippen molar-refractivity contribution < 1.29 is 8.63 Å². The standard InChI is InChI=1S/C15H18BrNO2S/c1-10(17-13-4-6-20(18)7-5-13)15-9-11-8-12(16)2-3-14(11)19-15/h2-3,8-10,13,17H,4-7H2,1H3. The van der Waals surface area contributed by atoms with Gasteiger partial charge in [-0.3, -0.25) is 4.21 Å². The van der Waals surface area contributed by atoms with Gasteiger partial charge in [0.15, 0.2) is 0 Å². The number of furan rings is 1. The Morgan fingerprint density at radius 1 is 1.35 bits per heavy atom. The van der Waals surface area contributed by atoms with Gasteiger partial charge in [0.05, 0.1) is 6.04 Å². The number of halogens is 1. The Hall–Kier alpha value is -0.650. The Balaban J connectivity index is 1.71. The summed E-state index contributed by atoms with van der Waals surface area (Å²) in [7, 11) is -0.604. The van der Waals surface area contributed by atoms with Gasteiger partial charge in [0.1, 0.15) is 11.3 Å². The van der Waals surface area contributed by atoms with E-state index in [9.17, 15) is 4.21 Å². The molecular weight excluding hydrogens is 338 g/mol. The normalized spacial score (nSPS) is 24.9. The maximum Gasteiger partial charge on any atom is 0.134 e. The summed E-state index contributed by atoms with van der Waals surface area (Å²) >= 11 is 3.48. The summed E-state index contributed by atoms with van der Waals surface area (Å²) in [6.07, 6.45) is 1.98. The van der Waals surface area contributed by atoms with Crippen molar-refractivity contribution >= 4 is 37.7 Å². The highest BCUT2D eigenvalue weighted by molar-refractivity contribution is 9.10. The molecule has 1 aliphatic heterocycles. The number of hydrogen-bond donors (Lipinski definition) is 1. The van der Waals surface area contributed by atoms with Crippen LogP contribution in [0.4, 0.5) is 0 Å². The van der Waals surface area contributed by atoms with Gasteiger partial charge < -0.3 is 9.73 Å². The van der Waals surface area contributed by atoms with Crippen molar-refractivity contribution in [1.82, 2.24) is 5.32 Å². The average molecular weight is 356 g/mol. The smallest absolute Gasteiger partial charge is 0.134 e.